The molecule has 0 saturated carbocycles. The summed E-state index contributed by atoms with van der Waals surface area (Å²) in [5, 5.41) is 6.09. The molecule has 1 saturated heterocycles. The lowest BCUT2D eigenvalue weighted by molar-refractivity contribution is -0.122. The van der Waals surface area contributed by atoms with Crippen molar-refractivity contribution < 1.29 is 14.3 Å². The molecule has 2 aromatic carbocycles. The summed E-state index contributed by atoms with van der Waals surface area (Å²) in [6, 6.07) is 15.9. The largest absolute Gasteiger partial charge is 0.493 e. The summed E-state index contributed by atoms with van der Waals surface area (Å²) in [5.41, 5.74) is 3.11. The quantitative estimate of drug-likeness (QED) is 0.818. The van der Waals surface area contributed by atoms with Crippen LogP contribution < -0.4 is 15.4 Å². The first-order valence-corrected chi connectivity index (χ1v) is 10.3. The average Bonchev–Trinajstić information content (AvgIpc) is 3.21. The number of carbonyl (C=O) groups excluding carboxylic acids is 2. The third kappa shape index (κ3) is 5.08. The first kappa shape index (κ1) is 19.3. The van der Waals surface area contributed by atoms with Crippen molar-refractivity contribution in [2.75, 3.05) is 25.0 Å². The average molecular weight is 393 g/mol. The van der Waals surface area contributed by atoms with Crippen LogP contribution in [0, 0.1) is 0 Å². The van der Waals surface area contributed by atoms with E-state index in [0.717, 1.165) is 42.7 Å². The fraction of sp³-hybridized carbons (Fsp3) is 0.391. The minimum Gasteiger partial charge on any atom is -0.493 e. The van der Waals surface area contributed by atoms with Gasteiger partial charge in [0, 0.05) is 37.7 Å². The molecule has 2 aliphatic heterocycles. The van der Waals surface area contributed by atoms with E-state index in [0.29, 0.717) is 26.1 Å². The molecule has 29 heavy (non-hydrogen) atoms. The Morgan fingerprint density at radius 3 is 2.66 bits per heavy atom. The molecule has 6 nitrogen and oxygen atoms in total. The van der Waals surface area contributed by atoms with E-state index < -0.39 is 0 Å². The van der Waals surface area contributed by atoms with Crippen molar-refractivity contribution in [1.29, 1.82) is 0 Å². The summed E-state index contributed by atoms with van der Waals surface area (Å²) in [6.45, 7) is 1.99. The summed E-state index contributed by atoms with van der Waals surface area (Å²) in [4.78, 5) is 26.6. The minimum absolute atomic E-state index is 0.0807. The third-order valence-corrected chi connectivity index (χ3v) is 5.57. The van der Waals surface area contributed by atoms with Crippen LogP contribution in [0.1, 0.15) is 30.4 Å². The molecule has 0 aromatic heterocycles. The number of nitrogens with one attached hydrogen (secondary N) is 2. The van der Waals surface area contributed by atoms with Crippen molar-refractivity contribution in [3.05, 3.63) is 59.7 Å². The van der Waals surface area contributed by atoms with Crippen molar-refractivity contribution in [1.82, 2.24) is 10.2 Å². The second kappa shape index (κ2) is 8.99. The predicted molar refractivity (Wildman–Crippen MR) is 112 cm³/mol. The number of amides is 3. The van der Waals surface area contributed by atoms with Crippen LogP contribution in [0.15, 0.2) is 48.5 Å². The van der Waals surface area contributed by atoms with E-state index in [2.05, 4.69) is 10.6 Å². The molecule has 0 unspecified atom stereocenters. The number of piperidine rings is 1. The van der Waals surface area contributed by atoms with E-state index in [-0.39, 0.29) is 18.0 Å². The zero-order valence-electron chi connectivity index (χ0n) is 16.5. The lowest BCUT2D eigenvalue weighted by Gasteiger charge is -2.32. The fourth-order valence-electron chi connectivity index (χ4n) is 3.90. The van der Waals surface area contributed by atoms with Gasteiger partial charge in [-0.05, 0) is 48.6 Å². The Hall–Kier alpha value is -3.02. The molecular weight excluding hydrogens is 366 g/mol. The highest BCUT2D eigenvalue weighted by atomic mass is 16.5. The van der Waals surface area contributed by atoms with E-state index in [1.54, 1.807) is 0 Å². The zero-order valence-corrected chi connectivity index (χ0v) is 16.5. The van der Waals surface area contributed by atoms with Crippen molar-refractivity contribution in [2.24, 2.45) is 0 Å². The highest BCUT2D eigenvalue weighted by molar-refractivity contribution is 5.89. The van der Waals surface area contributed by atoms with Crippen LogP contribution in [0.4, 0.5) is 10.5 Å². The number of rotatable bonds is 5. The molecule has 4 rings (SSSR count). The SMILES string of the molecule is O=C(CCc1ccccc1)NC1CCN(C(=O)Nc2ccc3c(c2)CCO3)CC1. The number of aryl methyl sites for hydroxylation is 1. The summed E-state index contributed by atoms with van der Waals surface area (Å²) in [5.74, 6) is 0.990. The number of likely N-dealkylation sites (tertiary alicyclic amines) is 1. The normalized spacial score (nSPS) is 16.1. The highest BCUT2D eigenvalue weighted by Gasteiger charge is 2.24. The van der Waals surface area contributed by atoms with Crippen molar-refractivity contribution in [3.8, 4) is 5.75 Å². The molecule has 3 amide bonds. The maximum Gasteiger partial charge on any atom is 0.321 e. The Balaban J connectivity index is 1.19. The van der Waals surface area contributed by atoms with E-state index in [1.807, 2.05) is 53.4 Å². The summed E-state index contributed by atoms with van der Waals surface area (Å²) in [6.07, 6.45) is 3.69. The molecule has 2 aromatic rings. The maximum atomic E-state index is 12.6. The first-order chi connectivity index (χ1) is 14.2. The Labute approximate surface area is 171 Å². The van der Waals surface area contributed by atoms with E-state index >= 15 is 0 Å². The molecule has 1 fully saturated rings. The first-order valence-electron chi connectivity index (χ1n) is 10.3. The fourth-order valence-corrected chi connectivity index (χ4v) is 3.90. The molecular formula is C23H27N3O3. The van der Waals surface area contributed by atoms with Crippen LogP contribution in [0.25, 0.3) is 0 Å². The van der Waals surface area contributed by atoms with Gasteiger partial charge in [0.1, 0.15) is 5.75 Å². The molecule has 6 heteroatoms. The molecule has 2 heterocycles. The molecule has 2 N–H and O–H groups in total. The van der Waals surface area contributed by atoms with Gasteiger partial charge in [0.25, 0.3) is 0 Å². The summed E-state index contributed by atoms with van der Waals surface area (Å²) in [7, 11) is 0. The molecule has 0 spiro atoms. The van der Waals surface area contributed by atoms with Crippen LogP contribution in [0.3, 0.4) is 0 Å². The third-order valence-electron chi connectivity index (χ3n) is 5.57. The molecule has 152 valence electrons. The van der Waals surface area contributed by atoms with Gasteiger partial charge in [0.05, 0.1) is 6.61 Å². The number of ether oxygens (including phenoxy) is 1. The number of urea groups is 1. The van der Waals surface area contributed by atoms with E-state index in [4.69, 9.17) is 4.74 Å². The van der Waals surface area contributed by atoms with Gasteiger partial charge in [-0.1, -0.05) is 30.3 Å². The van der Waals surface area contributed by atoms with Crippen molar-refractivity contribution >= 4 is 17.6 Å². The standard InChI is InChI=1S/C23H27N3O3/c27-22(9-6-17-4-2-1-3-5-17)24-19-10-13-26(14-11-19)23(28)25-20-7-8-21-18(16-20)12-15-29-21/h1-5,7-8,16,19H,6,9-15H2,(H,24,27)(H,25,28). The molecule has 2 aliphatic rings. The zero-order chi connectivity index (χ0) is 20.1. The lowest BCUT2D eigenvalue weighted by atomic mass is 10.0. The van der Waals surface area contributed by atoms with Gasteiger partial charge < -0.3 is 20.3 Å². The minimum atomic E-state index is -0.0854. The van der Waals surface area contributed by atoms with Gasteiger partial charge in [0.15, 0.2) is 0 Å². The Morgan fingerprint density at radius 2 is 1.86 bits per heavy atom. The number of benzene rings is 2. The van der Waals surface area contributed by atoms with Gasteiger partial charge in [-0.25, -0.2) is 4.79 Å². The molecule has 0 atom stereocenters. The van der Waals surface area contributed by atoms with Gasteiger partial charge in [-0.3, -0.25) is 4.79 Å². The second-order valence-electron chi connectivity index (χ2n) is 7.67. The Bertz CT molecular complexity index is 861. The van der Waals surface area contributed by atoms with E-state index in [1.165, 1.54) is 5.56 Å². The summed E-state index contributed by atoms with van der Waals surface area (Å²) >= 11 is 0. The number of carbonyl (C=O) groups is 2. The smallest absolute Gasteiger partial charge is 0.321 e. The van der Waals surface area contributed by atoms with Crippen LogP contribution in [-0.4, -0.2) is 42.6 Å². The second-order valence-corrected chi connectivity index (χ2v) is 7.67. The van der Waals surface area contributed by atoms with Crippen LogP contribution in [0.5, 0.6) is 5.75 Å². The predicted octanol–water partition coefficient (Wildman–Crippen LogP) is 3.37. The van der Waals surface area contributed by atoms with Crippen LogP contribution in [-0.2, 0) is 17.6 Å². The van der Waals surface area contributed by atoms with Crippen LogP contribution >= 0.6 is 0 Å². The number of nitrogens with zero attached hydrogens (tertiary/aromatic N) is 1. The van der Waals surface area contributed by atoms with E-state index in [9.17, 15) is 9.59 Å². The topological polar surface area (TPSA) is 70.7 Å². The van der Waals surface area contributed by atoms with Crippen molar-refractivity contribution in [2.45, 2.75) is 38.1 Å². The Morgan fingerprint density at radius 1 is 1.07 bits per heavy atom. The maximum absolute atomic E-state index is 12.6. The van der Waals surface area contributed by atoms with Gasteiger partial charge >= 0.3 is 6.03 Å². The van der Waals surface area contributed by atoms with Crippen molar-refractivity contribution in [3.63, 3.8) is 0 Å². The van der Waals surface area contributed by atoms with Gasteiger partial charge in [0.2, 0.25) is 5.91 Å². The molecule has 0 aliphatic carbocycles. The summed E-state index contributed by atoms with van der Waals surface area (Å²) < 4.78 is 5.50. The van der Waals surface area contributed by atoms with Crippen LogP contribution in [0.2, 0.25) is 0 Å². The monoisotopic (exact) mass is 393 g/mol. The molecule has 0 radical (unpaired) electrons. The Kier molecular flexibility index (Phi) is 5.98. The number of hydrogen-bond donors (Lipinski definition) is 2. The number of hydrogen-bond acceptors (Lipinski definition) is 3. The lowest BCUT2D eigenvalue weighted by Crippen LogP contribution is -2.47. The number of anilines is 1. The van der Waals surface area contributed by atoms with Gasteiger partial charge in [-0.15, -0.1) is 0 Å². The van der Waals surface area contributed by atoms with Gasteiger partial charge in [-0.2, -0.15) is 0 Å². The molecule has 0 bridgehead atoms. The highest BCUT2D eigenvalue weighted by Crippen LogP contribution is 2.28. The number of fused-ring (bicyclic) bond motifs is 1.